The van der Waals surface area contributed by atoms with Crippen LogP contribution in [0.15, 0.2) is 65.1 Å². The Balaban J connectivity index is 2.03. The summed E-state index contributed by atoms with van der Waals surface area (Å²) in [6.45, 7) is 1.90. The number of hydrogen-bond acceptors (Lipinski definition) is 3. The highest BCUT2D eigenvalue weighted by Gasteiger charge is 2.17. The number of rotatable bonds is 2. The Morgan fingerprint density at radius 1 is 0.826 bits per heavy atom. The molecule has 2 heterocycles. The SMILES string of the molecule is Cc1nc(-c2ccccc2)n2nc(-c3ccccc3)c(Br)c2n1. The minimum absolute atomic E-state index is 0.719. The summed E-state index contributed by atoms with van der Waals surface area (Å²) >= 11 is 3.66. The number of benzene rings is 2. The minimum Gasteiger partial charge on any atom is -0.213 e. The van der Waals surface area contributed by atoms with Gasteiger partial charge in [-0.05, 0) is 22.9 Å². The minimum atomic E-state index is 0.719. The number of halogens is 1. The molecule has 0 N–H and O–H groups in total. The van der Waals surface area contributed by atoms with Crippen molar-refractivity contribution in [3.8, 4) is 22.6 Å². The molecule has 4 aromatic rings. The molecule has 0 spiro atoms. The molecule has 23 heavy (non-hydrogen) atoms. The lowest BCUT2D eigenvalue weighted by atomic mass is 10.2. The Labute approximate surface area is 142 Å². The standard InChI is InChI=1S/C18H13BrN4/c1-12-20-17(14-10-6-3-7-11-14)23-18(21-12)15(19)16(22-23)13-8-4-2-5-9-13/h2-11H,1H3. The Hall–Kier alpha value is -2.53. The molecule has 0 aliphatic carbocycles. The fourth-order valence-electron chi connectivity index (χ4n) is 2.57. The van der Waals surface area contributed by atoms with Crippen LogP contribution in [0.5, 0.6) is 0 Å². The van der Waals surface area contributed by atoms with Gasteiger partial charge >= 0.3 is 0 Å². The lowest BCUT2D eigenvalue weighted by molar-refractivity contribution is 0.883. The quantitative estimate of drug-likeness (QED) is 0.524. The van der Waals surface area contributed by atoms with Crippen molar-refractivity contribution < 1.29 is 0 Å². The van der Waals surface area contributed by atoms with Gasteiger partial charge in [-0.1, -0.05) is 60.7 Å². The summed E-state index contributed by atoms with van der Waals surface area (Å²) in [6.07, 6.45) is 0. The van der Waals surface area contributed by atoms with Crippen molar-refractivity contribution in [3.63, 3.8) is 0 Å². The summed E-state index contributed by atoms with van der Waals surface area (Å²) in [4.78, 5) is 9.14. The van der Waals surface area contributed by atoms with E-state index in [1.165, 1.54) is 0 Å². The first-order valence-corrected chi connectivity index (χ1v) is 8.07. The number of hydrogen-bond donors (Lipinski definition) is 0. The average molecular weight is 365 g/mol. The molecule has 0 atom stereocenters. The molecule has 0 aliphatic rings. The first-order chi connectivity index (χ1) is 11.2. The summed E-state index contributed by atoms with van der Waals surface area (Å²) in [5, 5.41) is 4.74. The second kappa shape index (κ2) is 5.59. The summed E-state index contributed by atoms with van der Waals surface area (Å²) in [5.74, 6) is 1.51. The molecule has 0 fully saturated rings. The largest absolute Gasteiger partial charge is 0.213 e. The van der Waals surface area contributed by atoms with E-state index in [2.05, 4.69) is 25.9 Å². The van der Waals surface area contributed by atoms with Crippen LogP contribution in [0, 0.1) is 6.92 Å². The van der Waals surface area contributed by atoms with Crippen molar-refractivity contribution in [2.45, 2.75) is 6.92 Å². The van der Waals surface area contributed by atoms with E-state index >= 15 is 0 Å². The molecule has 0 saturated heterocycles. The lowest BCUT2D eigenvalue weighted by Gasteiger charge is -2.04. The topological polar surface area (TPSA) is 43.1 Å². The zero-order valence-electron chi connectivity index (χ0n) is 12.4. The van der Waals surface area contributed by atoms with Gasteiger partial charge in [-0.15, -0.1) is 0 Å². The fourth-order valence-corrected chi connectivity index (χ4v) is 3.13. The van der Waals surface area contributed by atoms with Gasteiger partial charge in [0.25, 0.3) is 0 Å². The second-order valence-electron chi connectivity index (χ2n) is 5.22. The predicted molar refractivity (Wildman–Crippen MR) is 94.1 cm³/mol. The molecule has 4 rings (SSSR count). The predicted octanol–water partition coefficient (Wildman–Crippen LogP) is 4.53. The van der Waals surface area contributed by atoms with Crippen molar-refractivity contribution in [2.75, 3.05) is 0 Å². The van der Waals surface area contributed by atoms with Crippen molar-refractivity contribution in [1.29, 1.82) is 0 Å². The number of fused-ring (bicyclic) bond motifs is 1. The molecular formula is C18H13BrN4. The zero-order chi connectivity index (χ0) is 15.8. The van der Waals surface area contributed by atoms with E-state index in [9.17, 15) is 0 Å². The van der Waals surface area contributed by atoms with Crippen molar-refractivity contribution in [3.05, 3.63) is 71.0 Å². The van der Waals surface area contributed by atoms with E-state index in [4.69, 9.17) is 5.10 Å². The highest BCUT2D eigenvalue weighted by molar-refractivity contribution is 9.10. The van der Waals surface area contributed by atoms with E-state index in [0.29, 0.717) is 0 Å². The van der Waals surface area contributed by atoms with Gasteiger partial charge in [0, 0.05) is 11.1 Å². The molecule has 5 heteroatoms. The smallest absolute Gasteiger partial charge is 0.174 e. The normalized spacial score (nSPS) is 11.0. The van der Waals surface area contributed by atoms with Crippen LogP contribution in [-0.2, 0) is 0 Å². The molecular weight excluding hydrogens is 352 g/mol. The second-order valence-corrected chi connectivity index (χ2v) is 6.02. The summed E-state index contributed by atoms with van der Waals surface area (Å²) in [7, 11) is 0. The third-order valence-electron chi connectivity index (χ3n) is 3.62. The van der Waals surface area contributed by atoms with Crippen LogP contribution in [0.4, 0.5) is 0 Å². The monoisotopic (exact) mass is 364 g/mol. The molecule has 2 aromatic heterocycles. The van der Waals surface area contributed by atoms with Crippen molar-refractivity contribution in [1.82, 2.24) is 19.6 Å². The van der Waals surface area contributed by atoms with Crippen LogP contribution >= 0.6 is 15.9 Å². The summed E-state index contributed by atoms with van der Waals surface area (Å²) in [5.41, 5.74) is 3.69. The highest BCUT2D eigenvalue weighted by atomic mass is 79.9. The fraction of sp³-hybridized carbons (Fsp3) is 0.0556. The van der Waals surface area contributed by atoms with Gasteiger partial charge in [0.1, 0.15) is 11.5 Å². The van der Waals surface area contributed by atoms with Crippen LogP contribution in [0.1, 0.15) is 5.82 Å². The van der Waals surface area contributed by atoms with E-state index in [1.54, 1.807) is 4.52 Å². The van der Waals surface area contributed by atoms with Gasteiger partial charge in [-0.3, -0.25) is 0 Å². The van der Waals surface area contributed by atoms with E-state index in [1.807, 2.05) is 67.6 Å². The Morgan fingerprint density at radius 3 is 2.09 bits per heavy atom. The lowest BCUT2D eigenvalue weighted by Crippen LogP contribution is -2.02. The maximum atomic E-state index is 4.74. The Kier molecular flexibility index (Phi) is 3.42. The van der Waals surface area contributed by atoms with Crippen LogP contribution in [0.2, 0.25) is 0 Å². The van der Waals surface area contributed by atoms with Crippen LogP contribution in [0.25, 0.3) is 28.3 Å². The van der Waals surface area contributed by atoms with Crippen LogP contribution in [0.3, 0.4) is 0 Å². The van der Waals surface area contributed by atoms with Gasteiger partial charge in [0.15, 0.2) is 11.5 Å². The molecule has 2 aromatic carbocycles. The van der Waals surface area contributed by atoms with E-state index in [-0.39, 0.29) is 0 Å². The highest BCUT2D eigenvalue weighted by Crippen LogP contribution is 2.32. The Bertz CT molecular complexity index is 978. The van der Waals surface area contributed by atoms with E-state index < -0.39 is 0 Å². The molecule has 112 valence electrons. The molecule has 0 radical (unpaired) electrons. The summed E-state index contributed by atoms with van der Waals surface area (Å²) < 4.78 is 2.68. The van der Waals surface area contributed by atoms with Gasteiger partial charge in [0.2, 0.25) is 0 Å². The van der Waals surface area contributed by atoms with Crippen LogP contribution in [-0.4, -0.2) is 19.6 Å². The molecule has 0 aliphatic heterocycles. The first-order valence-electron chi connectivity index (χ1n) is 7.28. The van der Waals surface area contributed by atoms with Gasteiger partial charge in [0.05, 0.1) is 4.47 Å². The van der Waals surface area contributed by atoms with Gasteiger partial charge in [-0.25, -0.2) is 9.97 Å². The molecule has 0 unspecified atom stereocenters. The van der Waals surface area contributed by atoms with E-state index in [0.717, 1.165) is 38.6 Å². The Morgan fingerprint density at radius 2 is 1.43 bits per heavy atom. The van der Waals surface area contributed by atoms with Gasteiger partial charge < -0.3 is 0 Å². The number of aryl methyl sites for hydroxylation is 1. The third kappa shape index (κ3) is 2.43. The van der Waals surface area contributed by atoms with Crippen molar-refractivity contribution >= 4 is 21.6 Å². The maximum absolute atomic E-state index is 4.74. The van der Waals surface area contributed by atoms with Crippen LogP contribution < -0.4 is 0 Å². The molecule has 4 nitrogen and oxygen atoms in total. The molecule has 0 saturated carbocycles. The molecule has 0 amide bonds. The van der Waals surface area contributed by atoms with Gasteiger partial charge in [-0.2, -0.15) is 9.61 Å². The maximum Gasteiger partial charge on any atom is 0.174 e. The summed E-state index contributed by atoms with van der Waals surface area (Å²) in [6, 6.07) is 20.1. The zero-order valence-corrected chi connectivity index (χ0v) is 14.0. The first kappa shape index (κ1) is 14.1. The molecule has 0 bridgehead atoms. The van der Waals surface area contributed by atoms with Crippen molar-refractivity contribution in [2.24, 2.45) is 0 Å². The average Bonchev–Trinajstić information content (AvgIpc) is 2.93. The number of nitrogens with zero attached hydrogens (tertiary/aromatic N) is 4. The third-order valence-corrected chi connectivity index (χ3v) is 4.35. The number of aromatic nitrogens is 4.